The zero-order valence-corrected chi connectivity index (χ0v) is 18.2. The van der Waals surface area contributed by atoms with Crippen LogP contribution in [0.2, 0.25) is 11.3 Å². The fourth-order valence-electron chi connectivity index (χ4n) is 4.50. The Kier molecular flexibility index (Phi) is 7.85. The second-order valence-electron chi connectivity index (χ2n) is 8.69. The highest BCUT2D eigenvalue weighted by Crippen LogP contribution is 2.38. The van der Waals surface area contributed by atoms with Crippen molar-refractivity contribution in [2.45, 2.75) is 63.2 Å². The molecule has 1 aromatic carbocycles. The fraction of sp³-hybridized carbons (Fsp3) is 0.591. The van der Waals surface area contributed by atoms with Crippen LogP contribution in [-0.4, -0.2) is 51.8 Å². The van der Waals surface area contributed by atoms with Gasteiger partial charge in [-0.3, -0.25) is 4.79 Å². The van der Waals surface area contributed by atoms with Crippen molar-refractivity contribution in [2.75, 3.05) is 13.1 Å². The molecule has 6 nitrogen and oxygen atoms in total. The van der Waals surface area contributed by atoms with E-state index in [0.29, 0.717) is 19.3 Å². The Bertz CT molecular complexity index is 757. The van der Waals surface area contributed by atoms with Crippen molar-refractivity contribution in [3.05, 3.63) is 46.1 Å². The molecule has 5 N–H and O–H groups in total. The molecular formula is C22H32BClN2O4. The maximum Gasteiger partial charge on any atom is 0.451 e. The van der Waals surface area contributed by atoms with Crippen molar-refractivity contribution in [2.24, 2.45) is 11.7 Å². The first kappa shape index (κ1) is 23.1. The predicted octanol–water partition coefficient (Wildman–Crippen LogP) is 3.07. The van der Waals surface area contributed by atoms with Gasteiger partial charge in [0.25, 0.3) is 0 Å². The lowest BCUT2D eigenvalue weighted by Crippen LogP contribution is -2.56. The van der Waals surface area contributed by atoms with Crippen LogP contribution in [0.4, 0.5) is 0 Å². The molecule has 1 aliphatic heterocycles. The molecule has 2 fully saturated rings. The highest BCUT2D eigenvalue weighted by atomic mass is 35.5. The van der Waals surface area contributed by atoms with Gasteiger partial charge in [-0.1, -0.05) is 42.1 Å². The van der Waals surface area contributed by atoms with Gasteiger partial charge in [0.1, 0.15) is 5.54 Å². The number of nitrogens with zero attached hydrogens (tertiary/aromatic N) is 1. The molecule has 0 bridgehead atoms. The van der Waals surface area contributed by atoms with Crippen LogP contribution in [0.1, 0.15) is 50.5 Å². The van der Waals surface area contributed by atoms with E-state index in [1.807, 2.05) is 12.1 Å². The van der Waals surface area contributed by atoms with E-state index in [1.165, 1.54) is 16.8 Å². The fourth-order valence-corrected chi connectivity index (χ4v) is 4.63. The number of carboxylic acids is 1. The number of likely N-dealkylation sites (tertiary alicyclic amines) is 1. The van der Waals surface area contributed by atoms with Crippen LogP contribution < -0.4 is 5.73 Å². The third kappa shape index (κ3) is 6.00. The van der Waals surface area contributed by atoms with E-state index in [-0.39, 0.29) is 12.2 Å². The van der Waals surface area contributed by atoms with Crippen LogP contribution in [0.5, 0.6) is 0 Å². The van der Waals surface area contributed by atoms with Crippen molar-refractivity contribution in [3.8, 4) is 0 Å². The molecule has 8 heteroatoms. The molecule has 3 rings (SSSR count). The minimum atomic E-state index is -1.35. The largest absolute Gasteiger partial charge is 0.480 e. The number of piperidine rings is 1. The van der Waals surface area contributed by atoms with Crippen molar-refractivity contribution in [1.82, 2.24) is 4.90 Å². The Morgan fingerprint density at radius 2 is 1.80 bits per heavy atom. The zero-order chi connectivity index (χ0) is 21.7. The average Bonchev–Trinajstić information content (AvgIpc) is 3.55. The number of halogens is 1. The van der Waals surface area contributed by atoms with Gasteiger partial charge in [-0.15, -0.1) is 0 Å². The number of aliphatic carboxylic acids is 1. The van der Waals surface area contributed by atoms with Crippen LogP contribution in [0.15, 0.2) is 35.5 Å². The number of rotatable bonds is 10. The summed E-state index contributed by atoms with van der Waals surface area (Å²) in [5, 5.41) is 28.5. The number of hydrogen-bond acceptors (Lipinski definition) is 5. The molecule has 1 atom stereocenters. The molecule has 164 valence electrons. The van der Waals surface area contributed by atoms with Crippen LogP contribution >= 0.6 is 11.6 Å². The Hall–Kier alpha value is -1.54. The van der Waals surface area contributed by atoms with E-state index in [1.54, 1.807) is 0 Å². The van der Waals surface area contributed by atoms with E-state index in [9.17, 15) is 9.90 Å². The first-order valence-corrected chi connectivity index (χ1v) is 11.3. The van der Waals surface area contributed by atoms with Crippen LogP contribution in [0.25, 0.3) is 0 Å². The number of nitrogens with two attached hydrogens (primary N) is 1. The third-order valence-electron chi connectivity index (χ3n) is 6.50. The molecule has 0 spiro atoms. The molecule has 2 aliphatic rings. The monoisotopic (exact) mass is 434 g/mol. The number of benzene rings is 1. The van der Waals surface area contributed by atoms with E-state index in [4.69, 9.17) is 27.4 Å². The molecule has 1 heterocycles. The van der Waals surface area contributed by atoms with E-state index >= 15 is 0 Å². The van der Waals surface area contributed by atoms with Crippen LogP contribution in [-0.2, 0) is 11.2 Å². The smallest absolute Gasteiger partial charge is 0.451 e. The summed E-state index contributed by atoms with van der Waals surface area (Å²) in [6.07, 6.45) is 6.42. The summed E-state index contributed by atoms with van der Waals surface area (Å²) >= 11 is 6.01. The first-order chi connectivity index (χ1) is 14.3. The molecule has 1 aromatic rings. The summed E-state index contributed by atoms with van der Waals surface area (Å²) in [7, 11) is -1.35. The molecular weight excluding hydrogens is 403 g/mol. The molecule has 1 unspecified atom stereocenters. The normalized spacial score (nSPS) is 18.8. The minimum absolute atomic E-state index is 0.0775. The highest BCUT2D eigenvalue weighted by molar-refractivity contribution is 6.40. The second-order valence-corrected chi connectivity index (χ2v) is 9.12. The quantitative estimate of drug-likeness (QED) is 0.333. The molecule has 1 saturated heterocycles. The van der Waals surface area contributed by atoms with Gasteiger partial charge in [-0.25, -0.2) is 0 Å². The van der Waals surface area contributed by atoms with Gasteiger partial charge < -0.3 is 25.8 Å². The van der Waals surface area contributed by atoms with Crippen molar-refractivity contribution < 1.29 is 19.9 Å². The van der Waals surface area contributed by atoms with Crippen LogP contribution in [0, 0.1) is 5.92 Å². The maximum atomic E-state index is 12.0. The molecule has 0 aromatic heterocycles. The van der Waals surface area contributed by atoms with E-state index in [0.717, 1.165) is 50.2 Å². The lowest BCUT2D eigenvalue weighted by Gasteiger charge is -2.41. The van der Waals surface area contributed by atoms with Gasteiger partial charge in [0.05, 0.1) is 0 Å². The Balaban J connectivity index is 1.59. The number of allylic oxidation sites excluding steroid dienone is 2. The van der Waals surface area contributed by atoms with Crippen LogP contribution in [0.3, 0.4) is 0 Å². The number of carboxylic acid groups (broad SMARTS) is 1. The molecule has 1 saturated carbocycles. The summed E-state index contributed by atoms with van der Waals surface area (Å²) < 4.78 is 0. The van der Waals surface area contributed by atoms with Gasteiger partial charge in [0.2, 0.25) is 0 Å². The van der Waals surface area contributed by atoms with E-state index < -0.39 is 18.6 Å². The van der Waals surface area contributed by atoms with Gasteiger partial charge in [0, 0.05) is 30.2 Å². The molecule has 1 aliphatic carbocycles. The minimum Gasteiger partial charge on any atom is -0.480 e. The number of carbonyl (C=O) groups is 1. The average molecular weight is 435 g/mol. The topological polar surface area (TPSA) is 107 Å². The van der Waals surface area contributed by atoms with Gasteiger partial charge >= 0.3 is 13.1 Å². The standard InChI is InChI=1S/C22H32BClN2O4/c24-19-7-3-16(4-8-19)15-20(17-5-6-17)26-13-9-18(10-14-26)22(25,21(27)28)11-1-2-12-23(29)30/h3-4,7-8,18,29-30H,1-2,5-6,9-15,25H2,(H,27,28). The summed E-state index contributed by atoms with van der Waals surface area (Å²) in [6.45, 7) is 1.64. The summed E-state index contributed by atoms with van der Waals surface area (Å²) in [6, 6.07) is 7.97. The van der Waals surface area contributed by atoms with Gasteiger partial charge in [-0.05, 0) is 62.0 Å². The Labute approximate surface area is 183 Å². The Morgan fingerprint density at radius 1 is 1.17 bits per heavy atom. The van der Waals surface area contributed by atoms with Crippen molar-refractivity contribution in [1.29, 1.82) is 0 Å². The SMILES string of the molecule is NC(CCCCB(O)O)(C(=O)O)C1CCN(C(Cc2ccc(Cl)cc2)=C2CC2)CC1. The predicted molar refractivity (Wildman–Crippen MR) is 119 cm³/mol. The summed E-state index contributed by atoms with van der Waals surface area (Å²) in [4.78, 5) is 14.4. The lowest BCUT2D eigenvalue weighted by molar-refractivity contribution is -0.146. The maximum absolute atomic E-state index is 12.0. The summed E-state index contributed by atoms with van der Waals surface area (Å²) in [5.74, 6) is -1.03. The second kappa shape index (κ2) is 10.2. The van der Waals surface area contributed by atoms with Crippen molar-refractivity contribution in [3.63, 3.8) is 0 Å². The van der Waals surface area contributed by atoms with Gasteiger partial charge in [-0.2, -0.15) is 0 Å². The third-order valence-corrected chi connectivity index (χ3v) is 6.75. The van der Waals surface area contributed by atoms with Gasteiger partial charge in [0.15, 0.2) is 0 Å². The Morgan fingerprint density at radius 3 is 2.33 bits per heavy atom. The number of unbranched alkanes of at least 4 members (excludes halogenated alkanes) is 1. The molecule has 0 amide bonds. The zero-order valence-electron chi connectivity index (χ0n) is 17.4. The number of hydrogen-bond donors (Lipinski definition) is 4. The summed E-state index contributed by atoms with van der Waals surface area (Å²) in [5.41, 5.74) is 9.26. The molecule has 30 heavy (non-hydrogen) atoms. The van der Waals surface area contributed by atoms with E-state index in [2.05, 4.69) is 17.0 Å². The highest BCUT2D eigenvalue weighted by Gasteiger charge is 2.43. The lowest BCUT2D eigenvalue weighted by atomic mass is 9.74. The van der Waals surface area contributed by atoms with Crippen molar-refractivity contribution >= 4 is 24.7 Å². The first-order valence-electron chi connectivity index (χ1n) is 10.9. The molecule has 0 radical (unpaired) electrons.